The SMILES string of the molecule is C[C@H]1[C@H]([Si](C)(C)O)[C@@H](CCO)O[C@]12C(=O)N(Cc1ccc(I)cc1)c1ccc(I)cc12. The number of rotatable bonds is 5. The zero-order chi connectivity index (χ0) is 22.6. The fourth-order valence-corrected chi connectivity index (χ4v) is 8.83. The van der Waals surface area contributed by atoms with Crippen LogP contribution in [-0.2, 0) is 21.7 Å². The monoisotopic (exact) mass is 663 g/mol. The highest BCUT2D eigenvalue weighted by Gasteiger charge is 2.66. The molecule has 5 nitrogen and oxygen atoms in total. The average molecular weight is 663 g/mol. The third-order valence-electron chi connectivity index (χ3n) is 6.61. The summed E-state index contributed by atoms with van der Waals surface area (Å²) < 4.78 is 8.79. The molecule has 166 valence electrons. The molecule has 0 radical (unpaired) electrons. The van der Waals surface area contributed by atoms with Crippen LogP contribution in [0, 0.1) is 13.1 Å². The molecule has 1 amide bonds. The maximum atomic E-state index is 14.1. The topological polar surface area (TPSA) is 70.0 Å². The van der Waals surface area contributed by atoms with Crippen LogP contribution in [0.1, 0.15) is 24.5 Å². The molecule has 4 rings (SSSR count). The first-order valence-electron chi connectivity index (χ1n) is 10.5. The number of amides is 1. The molecule has 2 heterocycles. The maximum Gasteiger partial charge on any atom is 0.264 e. The fourth-order valence-electron chi connectivity index (χ4n) is 5.38. The van der Waals surface area contributed by atoms with E-state index in [-0.39, 0.29) is 30.1 Å². The molecular formula is C23H27I2NO4Si. The Kier molecular flexibility index (Phi) is 6.61. The number of halogens is 2. The van der Waals surface area contributed by atoms with Crippen LogP contribution in [0.15, 0.2) is 42.5 Å². The summed E-state index contributed by atoms with van der Waals surface area (Å²) in [6, 6.07) is 14.2. The van der Waals surface area contributed by atoms with E-state index in [0.29, 0.717) is 13.0 Å². The lowest BCUT2D eigenvalue weighted by Crippen LogP contribution is -2.46. The molecule has 2 aliphatic heterocycles. The lowest BCUT2D eigenvalue weighted by molar-refractivity contribution is -0.146. The van der Waals surface area contributed by atoms with Gasteiger partial charge in [-0.2, -0.15) is 0 Å². The van der Waals surface area contributed by atoms with Gasteiger partial charge >= 0.3 is 0 Å². The Labute approximate surface area is 211 Å². The van der Waals surface area contributed by atoms with E-state index in [1.807, 2.05) is 67.4 Å². The Morgan fingerprint density at radius 3 is 2.39 bits per heavy atom. The molecule has 4 atom stereocenters. The number of aliphatic hydroxyl groups is 1. The molecule has 2 aliphatic rings. The molecule has 1 saturated heterocycles. The largest absolute Gasteiger partial charge is 0.432 e. The predicted octanol–water partition coefficient (Wildman–Crippen LogP) is 4.62. The number of fused-ring (bicyclic) bond motifs is 2. The van der Waals surface area contributed by atoms with E-state index in [2.05, 4.69) is 45.2 Å². The Bertz CT molecular complexity index is 994. The number of carbonyl (C=O) groups excluding carboxylic acids is 1. The van der Waals surface area contributed by atoms with Gasteiger partial charge in [-0.1, -0.05) is 19.1 Å². The summed E-state index contributed by atoms with van der Waals surface area (Å²) in [4.78, 5) is 27.0. The molecule has 0 bridgehead atoms. The molecule has 2 N–H and O–H groups in total. The van der Waals surface area contributed by atoms with Crippen molar-refractivity contribution in [2.75, 3.05) is 11.5 Å². The maximum absolute atomic E-state index is 14.1. The molecule has 0 saturated carbocycles. The number of hydrogen-bond acceptors (Lipinski definition) is 4. The highest BCUT2D eigenvalue weighted by atomic mass is 127. The first-order chi connectivity index (χ1) is 14.6. The van der Waals surface area contributed by atoms with Gasteiger partial charge in [-0.25, -0.2) is 0 Å². The number of ether oxygens (including phenoxy) is 1. The highest BCUT2D eigenvalue weighted by molar-refractivity contribution is 14.1. The van der Waals surface area contributed by atoms with Gasteiger partial charge in [-0.15, -0.1) is 0 Å². The first kappa shape index (κ1) is 23.6. The van der Waals surface area contributed by atoms with E-state index >= 15 is 0 Å². The van der Waals surface area contributed by atoms with Crippen LogP contribution in [0.25, 0.3) is 0 Å². The Balaban J connectivity index is 1.82. The lowest BCUT2D eigenvalue weighted by atomic mass is 9.82. The quantitative estimate of drug-likeness (QED) is 0.362. The van der Waals surface area contributed by atoms with E-state index in [0.717, 1.165) is 24.0 Å². The summed E-state index contributed by atoms with van der Waals surface area (Å²) in [5, 5.41) is 9.66. The van der Waals surface area contributed by atoms with Crippen molar-refractivity contribution >= 4 is 65.1 Å². The van der Waals surface area contributed by atoms with E-state index < -0.39 is 13.9 Å². The van der Waals surface area contributed by atoms with Gasteiger partial charge in [0.05, 0.1) is 18.3 Å². The van der Waals surface area contributed by atoms with E-state index in [1.54, 1.807) is 0 Å². The standard InChI is InChI=1S/C23H27I2NO4Si/c1-14-21(31(2,3)29)20(10-11-27)30-23(14)18-12-17(25)8-9-19(18)26(22(23)28)13-15-4-6-16(24)7-5-15/h4-9,12,14,20-21,27,29H,10-11,13H2,1-3H3/t14-,20+,21-,23+/m0/s1. The fraction of sp³-hybridized carbons (Fsp3) is 0.435. The van der Waals surface area contributed by atoms with Crippen molar-refractivity contribution in [1.29, 1.82) is 0 Å². The molecule has 2 aromatic rings. The van der Waals surface area contributed by atoms with Gasteiger partial charge in [0, 0.05) is 30.8 Å². The van der Waals surface area contributed by atoms with Gasteiger partial charge in [-0.3, -0.25) is 4.79 Å². The summed E-state index contributed by atoms with van der Waals surface area (Å²) in [5.41, 5.74) is 1.54. The normalized spacial score (nSPS) is 27.9. The van der Waals surface area contributed by atoms with Crippen molar-refractivity contribution in [3.05, 3.63) is 60.7 Å². The van der Waals surface area contributed by atoms with Crippen molar-refractivity contribution < 1.29 is 19.4 Å². The zero-order valence-electron chi connectivity index (χ0n) is 17.8. The second kappa shape index (κ2) is 8.67. The second-order valence-electron chi connectivity index (χ2n) is 9.05. The van der Waals surface area contributed by atoms with E-state index in [1.165, 1.54) is 0 Å². The third-order valence-corrected chi connectivity index (χ3v) is 10.5. The van der Waals surface area contributed by atoms with Crippen LogP contribution in [0.3, 0.4) is 0 Å². The van der Waals surface area contributed by atoms with Gasteiger partial charge in [-0.05, 0) is 101 Å². The van der Waals surface area contributed by atoms with Gasteiger partial charge in [0.1, 0.15) is 0 Å². The van der Waals surface area contributed by atoms with Crippen molar-refractivity contribution in [3.8, 4) is 0 Å². The Morgan fingerprint density at radius 2 is 1.77 bits per heavy atom. The highest BCUT2D eigenvalue weighted by Crippen LogP contribution is 2.59. The molecule has 1 fully saturated rings. The predicted molar refractivity (Wildman–Crippen MR) is 140 cm³/mol. The molecule has 31 heavy (non-hydrogen) atoms. The summed E-state index contributed by atoms with van der Waals surface area (Å²) >= 11 is 4.54. The Hall–Kier alpha value is -0.533. The molecule has 2 aromatic carbocycles. The minimum Gasteiger partial charge on any atom is -0.432 e. The van der Waals surface area contributed by atoms with Crippen LogP contribution >= 0.6 is 45.2 Å². The molecule has 1 spiro atoms. The minimum absolute atomic E-state index is 0.0335. The number of anilines is 1. The first-order valence-corrected chi connectivity index (χ1v) is 15.6. The van der Waals surface area contributed by atoms with Gasteiger partial charge in [0.15, 0.2) is 13.9 Å². The van der Waals surface area contributed by atoms with Crippen LogP contribution < -0.4 is 4.90 Å². The number of carbonyl (C=O) groups is 1. The lowest BCUT2D eigenvalue weighted by Gasteiger charge is -2.32. The van der Waals surface area contributed by atoms with E-state index in [4.69, 9.17) is 4.74 Å². The average Bonchev–Trinajstić information content (AvgIpc) is 3.11. The number of hydrogen-bond donors (Lipinski definition) is 2. The van der Waals surface area contributed by atoms with Gasteiger partial charge in [0.25, 0.3) is 5.91 Å². The van der Waals surface area contributed by atoms with Crippen molar-refractivity contribution in [2.24, 2.45) is 5.92 Å². The summed E-state index contributed by atoms with van der Waals surface area (Å²) in [5.74, 6) is -0.263. The molecular weight excluding hydrogens is 636 g/mol. The number of benzene rings is 2. The van der Waals surface area contributed by atoms with Crippen LogP contribution in [0.5, 0.6) is 0 Å². The molecule has 0 unspecified atom stereocenters. The molecule has 8 heteroatoms. The number of nitrogens with zero attached hydrogens (tertiary/aromatic N) is 1. The summed E-state index contributed by atoms with van der Waals surface area (Å²) in [6.07, 6.45) is 0.0665. The molecule has 0 aliphatic carbocycles. The summed E-state index contributed by atoms with van der Waals surface area (Å²) in [7, 11) is -2.66. The second-order valence-corrected chi connectivity index (χ2v) is 15.5. The smallest absolute Gasteiger partial charge is 0.264 e. The number of aliphatic hydroxyl groups excluding tert-OH is 1. The van der Waals surface area contributed by atoms with Crippen molar-refractivity contribution in [2.45, 2.75) is 50.2 Å². The van der Waals surface area contributed by atoms with Gasteiger partial charge in [0.2, 0.25) is 0 Å². The summed E-state index contributed by atoms with van der Waals surface area (Å²) in [6.45, 7) is 6.27. The van der Waals surface area contributed by atoms with Crippen LogP contribution in [0.2, 0.25) is 18.6 Å². The van der Waals surface area contributed by atoms with E-state index in [9.17, 15) is 14.7 Å². The van der Waals surface area contributed by atoms with Crippen LogP contribution in [-0.4, -0.2) is 36.8 Å². The molecule has 0 aromatic heterocycles. The van der Waals surface area contributed by atoms with Crippen molar-refractivity contribution in [1.82, 2.24) is 0 Å². The Morgan fingerprint density at radius 1 is 1.13 bits per heavy atom. The zero-order valence-corrected chi connectivity index (χ0v) is 23.1. The van der Waals surface area contributed by atoms with Gasteiger partial charge < -0.3 is 19.5 Å². The minimum atomic E-state index is -2.66. The third kappa shape index (κ3) is 4.01. The van der Waals surface area contributed by atoms with Crippen molar-refractivity contribution in [3.63, 3.8) is 0 Å². The van der Waals surface area contributed by atoms with Crippen LogP contribution in [0.4, 0.5) is 5.69 Å².